The summed E-state index contributed by atoms with van der Waals surface area (Å²) in [5.74, 6) is -2.44. The summed E-state index contributed by atoms with van der Waals surface area (Å²) in [6, 6.07) is 12.1. The smallest absolute Gasteiger partial charge is 0.271 e. The average Bonchev–Trinajstić information content (AvgIpc) is 3.31. The Balaban J connectivity index is 1.45. The number of primary amides is 2. The van der Waals surface area contributed by atoms with Gasteiger partial charge in [0.25, 0.3) is 17.7 Å². The van der Waals surface area contributed by atoms with Gasteiger partial charge in [0.05, 0.1) is 17.3 Å². The van der Waals surface area contributed by atoms with Gasteiger partial charge in [-0.05, 0) is 54.5 Å². The highest BCUT2D eigenvalue weighted by Crippen LogP contribution is 2.35. The number of nitrogens with one attached hydrogen (secondary N) is 1. The van der Waals surface area contributed by atoms with E-state index in [2.05, 4.69) is 15.6 Å². The number of anilines is 1. The van der Waals surface area contributed by atoms with Gasteiger partial charge >= 0.3 is 0 Å². The molecule has 12 heteroatoms. The number of fused-ring (bicyclic) bond motifs is 2. The third-order valence-corrected chi connectivity index (χ3v) is 7.32. The Bertz CT molecular complexity index is 1400. The molecule has 5 N–H and O–H groups in total. The summed E-state index contributed by atoms with van der Waals surface area (Å²) < 4.78 is 1.24. The number of hydrogen-bond acceptors (Lipinski definition) is 7. The van der Waals surface area contributed by atoms with Crippen LogP contribution in [0, 0.1) is 0 Å². The average molecular weight is 506 g/mol. The second-order valence-electron chi connectivity index (χ2n) is 8.63. The van der Waals surface area contributed by atoms with Crippen molar-refractivity contribution in [3.63, 3.8) is 0 Å². The third kappa shape index (κ3) is 3.98. The van der Waals surface area contributed by atoms with Crippen LogP contribution in [0.2, 0.25) is 0 Å². The van der Waals surface area contributed by atoms with Gasteiger partial charge < -0.3 is 21.7 Å². The number of carbonyl (C=O) groups is 4. The number of aromatic nitrogens is 3. The normalized spacial score (nSPS) is 19.2. The minimum absolute atomic E-state index is 0.163. The van der Waals surface area contributed by atoms with E-state index in [1.807, 2.05) is 36.6 Å². The Labute approximate surface area is 210 Å². The first-order valence-electron chi connectivity index (χ1n) is 11.2. The number of hydrogen-bond donors (Lipinski definition) is 3. The van der Waals surface area contributed by atoms with Gasteiger partial charge in [-0.15, -0.1) is 16.9 Å². The fourth-order valence-electron chi connectivity index (χ4n) is 4.77. The number of thioether (sulfide) groups is 1. The van der Waals surface area contributed by atoms with E-state index in [-0.39, 0.29) is 36.2 Å². The Kier molecular flexibility index (Phi) is 5.96. The Morgan fingerprint density at radius 3 is 2.44 bits per heavy atom. The number of benzene rings is 2. The molecule has 0 saturated carbocycles. The predicted molar refractivity (Wildman–Crippen MR) is 132 cm³/mol. The van der Waals surface area contributed by atoms with Crippen molar-refractivity contribution in [2.24, 2.45) is 11.5 Å². The van der Waals surface area contributed by atoms with Gasteiger partial charge in [0, 0.05) is 11.4 Å². The van der Waals surface area contributed by atoms with E-state index in [9.17, 15) is 19.2 Å². The zero-order valence-corrected chi connectivity index (χ0v) is 20.1. The molecule has 1 aromatic heterocycles. The summed E-state index contributed by atoms with van der Waals surface area (Å²) in [5.41, 5.74) is 12.9. The van der Waals surface area contributed by atoms with Crippen molar-refractivity contribution in [1.29, 1.82) is 0 Å². The van der Waals surface area contributed by atoms with Gasteiger partial charge in [-0.2, -0.15) is 0 Å². The summed E-state index contributed by atoms with van der Waals surface area (Å²) in [7, 11) is 0. The van der Waals surface area contributed by atoms with Crippen molar-refractivity contribution in [3.05, 3.63) is 59.4 Å². The molecular formula is C24H23N7O4S. The monoisotopic (exact) mass is 505 g/mol. The van der Waals surface area contributed by atoms with Gasteiger partial charge in [0.15, 0.2) is 11.4 Å². The van der Waals surface area contributed by atoms with Crippen LogP contribution in [0.3, 0.4) is 0 Å². The molecule has 0 aliphatic carbocycles. The van der Waals surface area contributed by atoms with Crippen LogP contribution in [0.5, 0.6) is 0 Å². The maximum atomic E-state index is 13.6. The second kappa shape index (κ2) is 9.11. The van der Waals surface area contributed by atoms with Gasteiger partial charge in [0.1, 0.15) is 6.04 Å². The molecule has 2 atom stereocenters. The lowest BCUT2D eigenvalue weighted by molar-refractivity contribution is -0.121. The number of piperidine rings is 1. The first kappa shape index (κ1) is 23.5. The molecule has 2 aliphatic heterocycles. The maximum Gasteiger partial charge on any atom is 0.271 e. The lowest BCUT2D eigenvalue weighted by atomic mass is 9.95. The van der Waals surface area contributed by atoms with Crippen molar-refractivity contribution in [1.82, 2.24) is 19.9 Å². The highest BCUT2D eigenvalue weighted by atomic mass is 32.2. The van der Waals surface area contributed by atoms with E-state index < -0.39 is 23.9 Å². The molecule has 3 aromatic rings. The fraction of sp³-hybridized carbons (Fsp3) is 0.250. The number of rotatable bonds is 5. The van der Waals surface area contributed by atoms with Crippen LogP contribution in [-0.2, 0) is 4.79 Å². The first-order valence-corrected chi connectivity index (χ1v) is 12.5. The molecule has 11 nitrogen and oxygen atoms in total. The third-order valence-electron chi connectivity index (χ3n) is 6.58. The van der Waals surface area contributed by atoms with Crippen LogP contribution in [-0.4, -0.2) is 62.4 Å². The summed E-state index contributed by atoms with van der Waals surface area (Å²) in [5, 5.41) is 10.5. The van der Waals surface area contributed by atoms with Crippen LogP contribution in [0.4, 0.5) is 5.69 Å². The van der Waals surface area contributed by atoms with Crippen molar-refractivity contribution >= 4 is 41.1 Å². The zero-order chi connectivity index (χ0) is 25.6. The SMILES string of the molecule is CSc1ccc(-c2ccc3c(c2)C(=O)N2CCC(n4nnc(C(N)=O)c4C(N)=O)CC2C(=O)N3)cc1. The molecule has 36 heavy (non-hydrogen) atoms. The molecule has 5 rings (SSSR count). The predicted octanol–water partition coefficient (Wildman–Crippen LogP) is 1.66. The van der Waals surface area contributed by atoms with E-state index in [4.69, 9.17) is 11.5 Å². The second-order valence-corrected chi connectivity index (χ2v) is 9.51. The molecule has 0 radical (unpaired) electrons. The lowest BCUT2D eigenvalue weighted by Gasteiger charge is -2.37. The Morgan fingerprint density at radius 1 is 1.06 bits per heavy atom. The fourth-order valence-corrected chi connectivity index (χ4v) is 5.18. The molecular weight excluding hydrogens is 482 g/mol. The molecule has 2 aliphatic rings. The minimum atomic E-state index is -0.927. The van der Waals surface area contributed by atoms with Crippen molar-refractivity contribution in [2.75, 3.05) is 18.1 Å². The molecule has 3 heterocycles. The molecule has 0 spiro atoms. The van der Waals surface area contributed by atoms with Crippen LogP contribution < -0.4 is 16.8 Å². The topological polar surface area (TPSA) is 166 Å². The summed E-state index contributed by atoms with van der Waals surface area (Å²) >= 11 is 1.65. The summed E-state index contributed by atoms with van der Waals surface area (Å²) in [4.78, 5) is 53.1. The van der Waals surface area contributed by atoms with E-state index in [1.165, 1.54) is 9.58 Å². The van der Waals surface area contributed by atoms with Crippen LogP contribution in [0.25, 0.3) is 11.1 Å². The largest absolute Gasteiger partial charge is 0.364 e. The molecule has 4 amide bonds. The number of nitrogens with two attached hydrogens (primary N) is 2. The van der Waals surface area contributed by atoms with Gasteiger partial charge in [-0.1, -0.05) is 23.4 Å². The number of nitrogens with zero attached hydrogens (tertiary/aromatic N) is 4. The van der Waals surface area contributed by atoms with Gasteiger partial charge in [0.2, 0.25) is 5.91 Å². The summed E-state index contributed by atoms with van der Waals surface area (Å²) in [6.45, 7) is 0.234. The molecule has 1 fully saturated rings. The maximum absolute atomic E-state index is 13.6. The van der Waals surface area contributed by atoms with Crippen LogP contribution >= 0.6 is 11.8 Å². The van der Waals surface area contributed by atoms with Crippen molar-refractivity contribution < 1.29 is 19.2 Å². The highest BCUT2D eigenvalue weighted by molar-refractivity contribution is 7.98. The molecule has 0 bridgehead atoms. The van der Waals surface area contributed by atoms with E-state index in [1.54, 1.807) is 23.9 Å². The molecule has 184 valence electrons. The zero-order valence-electron chi connectivity index (χ0n) is 19.3. The van der Waals surface area contributed by atoms with Crippen molar-refractivity contribution in [3.8, 4) is 11.1 Å². The van der Waals surface area contributed by atoms with Gasteiger partial charge in [-0.3, -0.25) is 19.2 Å². The molecule has 2 unspecified atom stereocenters. The standard InChI is InChI=1S/C24H23N7O4S/c1-36-15-5-2-12(3-6-15)13-4-7-17-16(10-13)24(35)30-9-8-14(11-18(30)23(34)27-17)31-20(22(26)33)19(21(25)32)28-29-31/h2-7,10,14,18H,8-9,11H2,1H3,(H2,25,32)(H2,26,33)(H,27,34). The number of amides is 4. The van der Waals surface area contributed by atoms with E-state index >= 15 is 0 Å². The Morgan fingerprint density at radius 2 is 1.78 bits per heavy atom. The van der Waals surface area contributed by atoms with E-state index in [0.29, 0.717) is 17.7 Å². The number of carbonyl (C=O) groups excluding carboxylic acids is 4. The van der Waals surface area contributed by atoms with E-state index in [0.717, 1.165) is 16.0 Å². The Hall–Kier alpha value is -4.19. The molecule has 1 saturated heterocycles. The summed E-state index contributed by atoms with van der Waals surface area (Å²) in [6.07, 6.45) is 2.55. The van der Waals surface area contributed by atoms with Crippen molar-refractivity contribution in [2.45, 2.75) is 29.8 Å². The quantitative estimate of drug-likeness (QED) is 0.443. The minimum Gasteiger partial charge on any atom is -0.364 e. The lowest BCUT2D eigenvalue weighted by Crippen LogP contribution is -2.50. The van der Waals surface area contributed by atoms with Crippen LogP contribution in [0.1, 0.15) is 50.2 Å². The van der Waals surface area contributed by atoms with Crippen LogP contribution in [0.15, 0.2) is 47.4 Å². The van der Waals surface area contributed by atoms with Gasteiger partial charge in [-0.25, -0.2) is 4.68 Å². The highest BCUT2D eigenvalue weighted by Gasteiger charge is 2.42. The first-order chi connectivity index (χ1) is 17.3. The molecule has 2 aromatic carbocycles.